The summed E-state index contributed by atoms with van der Waals surface area (Å²) in [7, 11) is 0. The van der Waals surface area contributed by atoms with Gasteiger partial charge in [-0.1, -0.05) is 35.4 Å². The van der Waals surface area contributed by atoms with Crippen molar-refractivity contribution in [3.05, 3.63) is 63.9 Å². The Balaban J connectivity index is 2.11. The Morgan fingerprint density at radius 2 is 2.00 bits per heavy atom. The van der Waals surface area contributed by atoms with E-state index in [1.54, 1.807) is 12.1 Å². The van der Waals surface area contributed by atoms with E-state index in [2.05, 4.69) is 6.07 Å². The lowest BCUT2D eigenvalue weighted by molar-refractivity contribution is 0.303. The lowest BCUT2D eigenvalue weighted by Crippen LogP contribution is -2.06. The molecule has 2 nitrogen and oxygen atoms in total. The predicted octanol–water partition coefficient (Wildman–Crippen LogP) is 3.87. The maximum Gasteiger partial charge on any atom is 0.141 e. The van der Waals surface area contributed by atoms with Crippen molar-refractivity contribution < 1.29 is 9.13 Å². The first-order valence-corrected chi connectivity index (χ1v) is 6.84. The SMILES string of the molecule is Cc1ccc(OCc2ccc(F)c(Cl)c2)c(CCN)c1. The van der Waals surface area contributed by atoms with E-state index in [-0.39, 0.29) is 5.02 Å². The molecule has 0 saturated carbocycles. The number of nitrogens with two attached hydrogens (primary N) is 1. The van der Waals surface area contributed by atoms with Crippen LogP contribution in [0.1, 0.15) is 16.7 Å². The maximum absolute atomic E-state index is 13.1. The third kappa shape index (κ3) is 3.71. The van der Waals surface area contributed by atoms with Crippen molar-refractivity contribution in [2.75, 3.05) is 6.54 Å². The summed E-state index contributed by atoms with van der Waals surface area (Å²) >= 11 is 5.75. The molecule has 0 spiro atoms. The van der Waals surface area contributed by atoms with Gasteiger partial charge in [-0.15, -0.1) is 0 Å². The Morgan fingerprint density at radius 3 is 2.70 bits per heavy atom. The number of benzene rings is 2. The Bertz CT molecular complexity index is 601. The van der Waals surface area contributed by atoms with Gasteiger partial charge < -0.3 is 10.5 Å². The van der Waals surface area contributed by atoms with Crippen LogP contribution in [0, 0.1) is 12.7 Å². The summed E-state index contributed by atoms with van der Waals surface area (Å²) in [6.07, 6.45) is 0.765. The van der Waals surface area contributed by atoms with Crippen LogP contribution in [0.4, 0.5) is 4.39 Å². The van der Waals surface area contributed by atoms with Crippen LogP contribution >= 0.6 is 11.6 Å². The summed E-state index contributed by atoms with van der Waals surface area (Å²) in [6.45, 7) is 2.95. The fraction of sp³-hybridized carbons (Fsp3) is 0.250. The summed E-state index contributed by atoms with van der Waals surface area (Å²) in [6, 6.07) is 10.6. The van der Waals surface area contributed by atoms with E-state index >= 15 is 0 Å². The van der Waals surface area contributed by atoms with Crippen LogP contribution in [0.2, 0.25) is 5.02 Å². The van der Waals surface area contributed by atoms with Gasteiger partial charge in [-0.3, -0.25) is 0 Å². The Hall–Kier alpha value is -1.58. The average Bonchev–Trinajstić information content (AvgIpc) is 2.42. The number of hydrogen-bond donors (Lipinski definition) is 1. The monoisotopic (exact) mass is 293 g/mol. The molecule has 0 atom stereocenters. The normalized spacial score (nSPS) is 10.6. The summed E-state index contributed by atoms with van der Waals surface area (Å²) in [5.74, 6) is 0.385. The first-order valence-electron chi connectivity index (χ1n) is 6.46. The Kier molecular flexibility index (Phi) is 4.99. The lowest BCUT2D eigenvalue weighted by Gasteiger charge is -2.12. The predicted molar refractivity (Wildman–Crippen MR) is 79.7 cm³/mol. The van der Waals surface area contributed by atoms with Gasteiger partial charge in [0.15, 0.2) is 0 Å². The zero-order valence-corrected chi connectivity index (χ0v) is 12.1. The third-order valence-electron chi connectivity index (χ3n) is 3.01. The molecule has 0 aromatic heterocycles. The molecule has 0 aliphatic carbocycles. The number of hydrogen-bond acceptors (Lipinski definition) is 2. The van der Waals surface area contributed by atoms with Crippen molar-refractivity contribution in [1.82, 2.24) is 0 Å². The number of ether oxygens (including phenoxy) is 1. The molecule has 0 heterocycles. The van der Waals surface area contributed by atoms with Crippen molar-refractivity contribution in [1.29, 1.82) is 0 Å². The lowest BCUT2D eigenvalue weighted by atomic mass is 10.1. The highest BCUT2D eigenvalue weighted by Gasteiger charge is 2.06. The quantitative estimate of drug-likeness (QED) is 0.908. The maximum atomic E-state index is 13.1. The van der Waals surface area contributed by atoms with Gasteiger partial charge >= 0.3 is 0 Å². The molecule has 0 fully saturated rings. The highest BCUT2D eigenvalue weighted by Crippen LogP contribution is 2.23. The zero-order chi connectivity index (χ0) is 14.5. The van der Waals surface area contributed by atoms with Crippen LogP contribution in [0.15, 0.2) is 36.4 Å². The minimum atomic E-state index is -0.422. The van der Waals surface area contributed by atoms with Crippen LogP contribution in [0.3, 0.4) is 0 Å². The second-order valence-electron chi connectivity index (χ2n) is 4.69. The minimum Gasteiger partial charge on any atom is -0.489 e. The standard InChI is InChI=1S/C16H17ClFNO/c1-11-2-5-16(13(8-11)6-7-19)20-10-12-3-4-15(18)14(17)9-12/h2-5,8-9H,6-7,10,19H2,1H3. The highest BCUT2D eigenvalue weighted by molar-refractivity contribution is 6.30. The van der Waals surface area contributed by atoms with Gasteiger partial charge in [0, 0.05) is 0 Å². The molecule has 0 amide bonds. The average molecular weight is 294 g/mol. The molecular formula is C16H17ClFNO. The fourth-order valence-electron chi connectivity index (χ4n) is 1.99. The van der Waals surface area contributed by atoms with Crippen LogP contribution in [0.25, 0.3) is 0 Å². The topological polar surface area (TPSA) is 35.2 Å². The number of aryl methyl sites for hydroxylation is 1. The van der Waals surface area contributed by atoms with Crippen molar-refractivity contribution in [2.45, 2.75) is 20.0 Å². The van der Waals surface area contributed by atoms with E-state index in [0.29, 0.717) is 13.2 Å². The summed E-state index contributed by atoms with van der Waals surface area (Å²) in [4.78, 5) is 0. The molecule has 2 N–H and O–H groups in total. The van der Waals surface area contributed by atoms with Gasteiger partial charge in [0.1, 0.15) is 18.2 Å². The van der Waals surface area contributed by atoms with Crippen LogP contribution in [0.5, 0.6) is 5.75 Å². The van der Waals surface area contributed by atoms with Crippen LogP contribution in [-0.2, 0) is 13.0 Å². The first-order chi connectivity index (χ1) is 9.60. The Morgan fingerprint density at radius 1 is 1.20 bits per heavy atom. The van der Waals surface area contributed by atoms with Gasteiger partial charge in [-0.25, -0.2) is 4.39 Å². The van der Waals surface area contributed by atoms with Gasteiger partial charge in [0.2, 0.25) is 0 Å². The van der Waals surface area contributed by atoms with E-state index < -0.39 is 5.82 Å². The van der Waals surface area contributed by atoms with Crippen LogP contribution in [-0.4, -0.2) is 6.54 Å². The highest BCUT2D eigenvalue weighted by atomic mass is 35.5. The molecular weight excluding hydrogens is 277 g/mol. The second-order valence-corrected chi connectivity index (χ2v) is 5.09. The molecule has 2 rings (SSSR count). The molecule has 0 aliphatic rings. The molecule has 0 radical (unpaired) electrons. The molecule has 0 bridgehead atoms. The summed E-state index contributed by atoms with van der Waals surface area (Å²) in [5.41, 5.74) is 8.69. The molecule has 106 valence electrons. The van der Waals surface area contributed by atoms with Gasteiger partial charge in [-0.2, -0.15) is 0 Å². The van der Waals surface area contributed by atoms with Gasteiger partial charge in [0.25, 0.3) is 0 Å². The summed E-state index contributed by atoms with van der Waals surface area (Å²) < 4.78 is 18.9. The molecule has 0 unspecified atom stereocenters. The van der Waals surface area contributed by atoms with Crippen molar-refractivity contribution >= 4 is 11.6 Å². The van der Waals surface area contributed by atoms with E-state index in [1.165, 1.54) is 11.6 Å². The van der Waals surface area contributed by atoms with Gasteiger partial charge in [-0.05, 0) is 49.2 Å². The van der Waals surface area contributed by atoms with E-state index in [1.807, 2.05) is 19.1 Å². The van der Waals surface area contributed by atoms with E-state index in [0.717, 1.165) is 23.3 Å². The smallest absolute Gasteiger partial charge is 0.141 e. The largest absolute Gasteiger partial charge is 0.489 e. The molecule has 20 heavy (non-hydrogen) atoms. The molecule has 0 saturated heterocycles. The van der Waals surface area contributed by atoms with Gasteiger partial charge in [0.05, 0.1) is 5.02 Å². The summed E-state index contributed by atoms with van der Waals surface area (Å²) in [5, 5.41) is 0.109. The first kappa shape index (κ1) is 14.8. The van der Waals surface area contributed by atoms with Crippen molar-refractivity contribution in [3.63, 3.8) is 0 Å². The third-order valence-corrected chi connectivity index (χ3v) is 3.30. The van der Waals surface area contributed by atoms with E-state index in [9.17, 15) is 4.39 Å². The van der Waals surface area contributed by atoms with E-state index in [4.69, 9.17) is 22.1 Å². The number of rotatable bonds is 5. The molecule has 4 heteroatoms. The van der Waals surface area contributed by atoms with Crippen molar-refractivity contribution in [3.8, 4) is 5.75 Å². The fourth-order valence-corrected chi connectivity index (χ4v) is 2.19. The molecule has 2 aromatic rings. The van der Waals surface area contributed by atoms with Crippen molar-refractivity contribution in [2.24, 2.45) is 5.73 Å². The van der Waals surface area contributed by atoms with Crippen LogP contribution < -0.4 is 10.5 Å². The Labute approximate surface area is 123 Å². The zero-order valence-electron chi connectivity index (χ0n) is 11.3. The molecule has 2 aromatic carbocycles. The number of halogens is 2. The molecule has 0 aliphatic heterocycles. The second kappa shape index (κ2) is 6.73. The minimum absolute atomic E-state index is 0.109.